The second kappa shape index (κ2) is 6.67. The van der Waals surface area contributed by atoms with Gasteiger partial charge in [-0.1, -0.05) is 44.2 Å². The predicted octanol–water partition coefficient (Wildman–Crippen LogP) is 2.58. The van der Waals surface area contributed by atoms with Gasteiger partial charge in [-0.3, -0.25) is 9.71 Å². The van der Waals surface area contributed by atoms with Gasteiger partial charge in [0.2, 0.25) is 10.0 Å². The summed E-state index contributed by atoms with van der Waals surface area (Å²) >= 11 is 0. The van der Waals surface area contributed by atoms with Crippen LogP contribution >= 0.6 is 0 Å². The molecule has 1 N–H and O–H groups in total. The fourth-order valence-electron chi connectivity index (χ4n) is 1.95. The maximum absolute atomic E-state index is 12.2. The summed E-state index contributed by atoms with van der Waals surface area (Å²) in [5, 5.41) is 0. The van der Waals surface area contributed by atoms with Crippen molar-refractivity contribution in [3.05, 3.63) is 54.0 Å². The molecule has 5 nitrogen and oxygen atoms in total. The van der Waals surface area contributed by atoms with E-state index >= 15 is 0 Å². The van der Waals surface area contributed by atoms with Crippen molar-refractivity contribution in [2.45, 2.75) is 26.2 Å². The molecule has 1 aromatic carbocycles. The Morgan fingerprint density at radius 3 is 2.43 bits per heavy atom. The summed E-state index contributed by atoms with van der Waals surface area (Å²) in [6.45, 7) is 3.90. The summed E-state index contributed by atoms with van der Waals surface area (Å²) in [6.07, 6.45) is 3.52. The highest BCUT2D eigenvalue weighted by Crippen LogP contribution is 2.19. The highest BCUT2D eigenvalue weighted by molar-refractivity contribution is 7.92. The molecule has 0 bridgehead atoms. The van der Waals surface area contributed by atoms with E-state index in [0.717, 1.165) is 5.56 Å². The minimum Gasteiger partial charge on any atom is -0.266 e. The smallest absolute Gasteiger partial charge is 0.234 e. The molecule has 2 rings (SSSR count). The number of rotatable bonds is 6. The van der Waals surface area contributed by atoms with Gasteiger partial charge in [-0.2, -0.15) is 0 Å². The monoisotopic (exact) mass is 305 g/mol. The van der Waals surface area contributed by atoms with Gasteiger partial charge in [0.05, 0.1) is 11.4 Å². The Bertz CT molecular complexity index is 685. The lowest BCUT2D eigenvalue weighted by atomic mass is 10.1. The molecule has 0 unspecified atom stereocenters. The molecular formula is C15H19N3O2S. The topological polar surface area (TPSA) is 72.0 Å². The Morgan fingerprint density at radius 2 is 1.76 bits per heavy atom. The van der Waals surface area contributed by atoms with Crippen LogP contribution in [0, 0.1) is 0 Å². The molecule has 0 saturated heterocycles. The standard InChI is InChI=1S/C15H19N3O2S/c1-12(2)14-15(17-10-9-16-14)18-21(19,20)11-8-13-6-4-3-5-7-13/h3-7,9-10,12H,8,11H2,1-2H3,(H,17,18). The minimum atomic E-state index is -3.44. The van der Waals surface area contributed by atoms with E-state index in [-0.39, 0.29) is 11.7 Å². The highest BCUT2D eigenvalue weighted by Gasteiger charge is 2.16. The second-order valence-corrected chi connectivity index (χ2v) is 6.94. The van der Waals surface area contributed by atoms with E-state index in [4.69, 9.17) is 0 Å². The average molecular weight is 305 g/mol. The van der Waals surface area contributed by atoms with E-state index in [9.17, 15) is 8.42 Å². The largest absolute Gasteiger partial charge is 0.266 e. The number of hydrogen-bond acceptors (Lipinski definition) is 4. The van der Waals surface area contributed by atoms with Gasteiger partial charge in [-0.15, -0.1) is 0 Å². The normalized spacial score (nSPS) is 11.6. The van der Waals surface area contributed by atoms with Crippen LogP contribution < -0.4 is 4.72 Å². The number of nitrogens with one attached hydrogen (secondary N) is 1. The van der Waals surface area contributed by atoms with E-state index < -0.39 is 10.0 Å². The molecule has 6 heteroatoms. The Hall–Kier alpha value is -1.95. The fourth-order valence-corrected chi connectivity index (χ4v) is 3.00. The van der Waals surface area contributed by atoms with Crippen LogP contribution in [0.25, 0.3) is 0 Å². The van der Waals surface area contributed by atoms with Crippen molar-refractivity contribution in [3.63, 3.8) is 0 Å². The van der Waals surface area contributed by atoms with E-state index in [1.807, 2.05) is 44.2 Å². The van der Waals surface area contributed by atoms with Crippen LogP contribution in [-0.4, -0.2) is 24.1 Å². The van der Waals surface area contributed by atoms with Crippen LogP contribution in [0.15, 0.2) is 42.7 Å². The number of hydrogen-bond donors (Lipinski definition) is 1. The summed E-state index contributed by atoms with van der Waals surface area (Å²) in [4.78, 5) is 8.28. The molecule has 0 atom stereocenters. The van der Waals surface area contributed by atoms with Crippen molar-refractivity contribution >= 4 is 15.8 Å². The molecule has 0 aliphatic heterocycles. The number of benzene rings is 1. The number of nitrogens with zero attached hydrogens (tertiary/aromatic N) is 2. The molecule has 0 aliphatic carbocycles. The first-order valence-corrected chi connectivity index (χ1v) is 8.48. The fraction of sp³-hybridized carbons (Fsp3) is 0.333. The third kappa shape index (κ3) is 4.53. The Kier molecular flexibility index (Phi) is 4.90. The molecule has 0 amide bonds. The first-order valence-electron chi connectivity index (χ1n) is 6.83. The molecule has 0 spiro atoms. The molecule has 0 fully saturated rings. The summed E-state index contributed by atoms with van der Waals surface area (Å²) in [5.74, 6) is 0.441. The maximum Gasteiger partial charge on any atom is 0.234 e. The first kappa shape index (κ1) is 15.4. The average Bonchev–Trinajstić information content (AvgIpc) is 2.46. The van der Waals surface area contributed by atoms with Gasteiger partial charge in [0.1, 0.15) is 0 Å². The van der Waals surface area contributed by atoms with E-state index in [2.05, 4.69) is 14.7 Å². The van der Waals surface area contributed by atoms with Crippen molar-refractivity contribution in [2.24, 2.45) is 0 Å². The van der Waals surface area contributed by atoms with Gasteiger partial charge in [-0.05, 0) is 17.9 Å². The van der Waals surface area contributed by atoms with Gasteiger partial charge in [0, 0.05) is 12.4 Å². The van der Waals surface area contributed by atoms with Crippen LogP contribution in [0.1, 0.15) is 31.0 Å². The van der Waals surface area contributed by atoms with Crippen molar-refractivity contribution in [3.8, 4) is 0 Å². The van der Waals surface area contributed by atoms with Crippen molar-refractivity contribution < 1.29 is 8.42 Å². The molecule has 1 heterocycles. The molecule has 0 radical (unpaired) electrons. The molecule has 112 valence electrons. The molecule has 2 aromatic rings. The van der Waals surface area contributed by atoms with E-state index in [0.29, 0.717) is 17.9 Å². The molecule has 1 aromatic heterocycles. The second-order valence-electron chi connectivity index (χ2n) is 5.10. The third-order valence-corrected chi connectivity index (χ3v) is 4.27. The molecule has 21 heavy (non-hydrogen) atoms. The van der Waals surface area contributed by atoms with Crippen LogP contribution in [0.3, 0.4) is 0 Å². The van der Waals surface area contributed by atoms with E-state index in [1.165, 1.54) is 6.20 Å². The quantitative estimate of drug-likeness (QED) is 0.890. The molecule has 0 aliphatic rings. The number of anilines is 1. The first-order chi connectivity index (χ1) is 9.98. The van der Waals surface area contributed by atoms with Crippen molar-refractivity contribution in [2.75, 3.05) is 10.5 Å². The van der Waals surface area contributed by atoms with Gasteiger partial charge < -0.3 is 0 Å². The lowest BCUT2D eigenvalue weighted by molar-refractivity contribution is 0.600. The van der Waals surface area contributed by atoms with Gasteiger partial charge in [0.25, 0.3) is 0 Å². The summed E-state index contributed by atoms with van der Waals surface area (Å²) in [5.41, 5.74) is 1.65. The SMILES string of the molecule is CC(C)c1nccnc1NS(=O)(=O)CCc1ccccc1. The molecule has 0 saturated carbocycles. The van der Waals surface area contributed by atoms with Crippen molar-refractivity contribution in [1.29, 1.82) is 0 Å². The Morgan fingerprint density at radius 1 is 1.10 bits per heavy atom. The van der Waals surface area contributed by atoms with E-state index in [1.54, 1.807) is 6.20 Å². The Balaban J connectivity index is 2.08. The number of aryl methyl sites for hydroxylation is 1. The highest BCUT2D eigenvalue weighted by atomic mass is 32.2. The van der Waals surface area contributed by atoms with Crippen LogP contribution in [-0.2, 0) is 16.4 Å². The summed E-state index contributed by atoms with van der Waals surface area (Å²) in [6, 6.07) is 9.53. The lowest BCUT2D eigenvalue weighted by Gasteiger charge is -2.12. The van der Waals surface area contributed by atoms with Gasteiger partial charge in [0.15, 0.2) is 5.82 Å². The minimum absolute atomic E-state index is 0.0190. The van der Waals surface area contributed by atoms with Gasteiger partial charge >= 0.3 is 0 Å². The lowest BCUT2D eigenvalue weighted by Crippen LogP contribution is -2.20. The van der Waals surface area contributed by atoms with Crippen LogP contribution in [0.2, 0.25) is 0 Å². The predicted molar refractivity (Wildman–Crippen MR) is 83.7 cm³/mol. The van der Waals surface area contributed by atoms with Gasteiger partial charge in [-0.25, -0.2) is 13.4 Å². The number of aromatic nitrogens is 2. The van der Waals surface area contributed by atoms with Crippen LogP contribution in [0.4, 0.5) is 5.82 Å². The zero-order valence-corrected chi connectivity index (χ0v) is 13.0. The van der Waals surface area contributed by atoms with Crippen molar-refractivity contribution in [1.82, 2.24) is 9.97 Å². The maximum atomic E-state index is 12.2. The molecular weight excluding hydrogens is 286 g/mol. The zero-order chi connectivity index (χ0) is 15.3. The zero-order valence-electron chi connectivity index (χ0n) is 12.2. The Labute approximate surface area is 125 Å². The summed E-state index contributed by atoms with van der Waals surface area (Å²) < 4.78 is 26.9. The number of sulfonamides is 1. The summed E-state index contributed by atoms with van der Waals surface area (Å²) in [7, 11) is -3.44. The third-order valence-electron chi connectivity index (χ3n) is 3.03. The van der Waals surface area contributed by atoms with Crippen LogP contribution in [0.5, 0.6) is 0 Å².